The third-order valence-electron chi connectivity index (χ3n) is 3.34. The van der Waals surface area contributed by atoms with Gasteiger partial charge < -0.3 is 15.2 Å². The van der Waals surface area contributed by atoms with Gasteiger partial charge in [-0.15, -0.1) is 0 Å². The quantitative estimate of drug-likeness (QED) is 0.862. The molecule has 0 spiro atoms. The second-order valence-corrected chi connectivity index (χ2v) is 4.86. The van der Waals surface area contributed by atoms with Gasteiger partial charge in [0.1, 0.15) is 5.75 Å². The molecule has 0 radical (unpaired) electrons. The van der Waals surface area contributed by atoms with Crippen molar-refractivity contribution in [3.63, 3.8) is 0 Å². The molecule has 2 N–H and O–H groups in total. The standard InChI is InChI=1S/C14H19NO3/c1-3-9(2)6-12(16)10-4-5-13-11(7-10)15-14(17)8-18-13/h4-5,7,9,12,16H,3,6,8H2,1-2H3,(H,15,17). The maximum absolute atomic E-state index is 11.2. The summed E-state index contributed by atoms with van der Waals surface area (Å²) >= 11 is 0. The second kappa shape index (κ2) is 5.40. The van der Waals surface area contributed by atoms with Gasteiger partial charge in [-0.3, -0.25) is 4.79 Å². The molecule has 4 heteroatoms. The van der Waals surface area contributed by atoms with Gasteiger partial charge in [0.15, 0.2) is 6.61 Å². The molecule has 18 heavy (non-hydrogen) atoms. The Bertz CT molecular complexity index is 445. The molecule has 2 unspecified atom stereocenters. The third kappa shape index (κ3) is 2.82. The van der Waals surface area contributed by atoms with E-state index in [-0.39, 0.29) is 12.5 Å². The van der Waals surface area contributed by atoms with Crippen LogP contribution in [0.2, 0.25) is 0 Å². The van der Waals surface area contributed by atoms with Crippen molar-refractivity contribution >= 4 is 11.6 Å². The van der Waals surface area contributed by atoms with E-state index in [1.54, 1.807) is 12.1 Å². The van der Waals surface area contributed by atoms with Crippen LogP contribution < -0.4 is 10.1 Å². The summed E-state index contributed by atoms with van der Waals surface area (Å²) < 4.78 is 5.28. The van der Waals surface area contributed by atoms with Crippen molar-refractivity contribution in [3.05, 3.63) is 23.8 Å². The number of rotatable bonds is 4. The van der Waals surface area contributed by atoms with Gasteiger partial charge in [-0.05, 0) is 30.0 Å². The number of carbonyl (C=O) groups excluding carboxylic acids is 1. The number of nitrogens with one attached hydrogen (secondary N) is 1. The Morgan fingerprint density at radius 3 is 3.00 bits per heavy atom. The number of aliphatic hydroxyl groups excluding tert-OH is 1. The highest BCUT2D eigenvalue weighted by molar-refractivity contribution is 5.95. The van der Waals surface area contributed by atoms with E-state index in [4.69, 9.17) is 4.74 Å². The molecule has 1 amide bonds. The van der Waals surface area contributed by atoms with E-state index < -0.39 is 6.10 Å². The average molecular weight is 249 g/mol. The van der Waals surface area contributed by atoms with Crippen LogP contribution in [0.25, 0.3) is 0 Å². The molecule has 0 bridgehead atoms. The highest BCUT2D eigenvalue weighted by Gasteiger charge is 2.18. The van der Waals surface area contributed by atoms with Gasteiger partial charge >= 0.3 is 0 Å². The number of anilines is 1. The highest BCUT2D eigenvalue weighted by atomic mass is 16.5. The number of hydrogen-bond acceptors (Lipinski definition) is 3. The largest absolute Gasteiger partial charge is 0.482 e. The van der Waals surface area contributed by atoms with Crippen molar-refractivity contribution in [2.24, 2.45) is 5.92 Å². The average Bonchev–Trinajstić information content (AvgIpc) is 2.37. The Labute approximate surface area is 107 Å². The van der Waals surface area contributed by atoms with Crippen LogP contribution in [0.4, 0.5) is 5.69 Å². The van der Waals surface area contributed by atoms with Crippen LogP contribution in [0.1, 0.15) is 38.4 Å². The fourth-order valence-corrected chi connectivity index (χ4v) is 1.99. The Hall–Kier alpha value is -1.55. The lowest BCUT2D eigenvalue weighted by atomic mass is 9.96. The summed E-state index contributed by atoms with van der Waals surface area (Å²) in [6.45, 7) is 4.28. The maximum Gasteiger partial charge on any atom is 0.262 e. The van der Waals surface area contributed by atoms with Crippen molar-refractivity contribution in [3.8, 4) is 5.75 Å². The Kier molecular flexibility index (Phi) is 3.87. The van der Waals surface area contributed by atoms with Crippen LogP contribution in [0, 0.1) is 5.92 Å². The van der Waals surface area contributed by atoms with Crippen LogP contribution in [0.5, 0.6) is 5.75 Å². The molecule has 1 heterocycles. The molecule has 1 aromatic rings. The van der Waals surface area contributed by atoms with Gasteiger partial charge in [0.05, 0.1) is 11.8 Å². The van der Waals surface area contributed by atoms with Gasteiger partial charge in [-0.25, -0.2) is 0 Å². The van der Waals surface area contributed by atoms with Crippen molar-refractivity contribution in [1.29, 1.82) is 0 Å². The van der Waals surface area contributed by atoms with E-state index in [9.17, 15) is 9.90 Å². The van der Waals surface area contributed by atoms with Gasteiger partial charge in [0.25, 0.3) is 5.91 Å². The van der Waals surface area contributed by atoms with Crippen LogP contribution in [0.15, 0.2) is 18.2 Å². The first-order chi connectivity index (χ1) is 8.60. The van der Waals surface area contributed by atoms with E-state index in [1.807, 2.05) is 6.07 Å². The zero-order chi connectivity index (χ0) is 13.1. The molecule has 2 rings (SSSR count). The summed E-state index contributed by atoms with van der Waals surface area (Å²) in [7, 11) is 0. The molecule has 1 aliphatic heterocycles. The van der Waals surface area contributed by atoms with Crippen molar-refractivity contribution in [2.45, 2.75) is 32.8 Å². The number of fused-ring (bicyclic) bond motifs is 1. The fourth-order valence-electron chi connectivity index (χ4n) is 1.99. The van der Waals surface area contributed by atoms with E-state index >= 15 is 0 Å². The lowest BCUT2D eigenvalue weighted by Gasteiger charge is -2.21. The van der Waals surface area contributed by atoms with E-state index in [0.29, 0.717) is 17.4 Å². The van der Waals surface area contributed by atoms with Crippen molar-refractivity contribution < 1.29 is 14.6 Å². The van der Waals surface area contributed by atoms with E-state index in [0.717, 1.165) is 18.4 Å². The topological polar surface area (TPSA) is 58.6 Å². The summed E-state index contributed by atoms with van der Waals surface area (Å²) in [5.74, 6) is 0.979. The molecular formula is C14H19NO3. The first-order valence-electron chi connectivity index (χ1n) is 6.34. The third-order valence-corrected chi connectivity index (χ3v) is 3.34. The number of carbonyl (C=O) groups is 1. The van der Waals surface area contributed by atoms with Gasteiger partial charge in [-0.2, -0.15) is 0 Å². The summed E-state index contributed by atoms with van der Waals surface area (Å²) in [4.78, 5) is 11.2. The normalized spacial score (nSPS) is 17.4. The molecule has 98 valence electrons. The monoisotopic (exact) mass is 249 g/mol. The minimum atomic E-state index is -0.496. The highest BCUT2D eigenvalue weighted by Crippen LogP contribution is 2.32. The predicted octanol–water partition coefficient (Wildman–Crippen LogP) is 2.49. The fraction of sp³-hybridized carbons (Fsp3) is 0.500. The Morgan fingerprint density at radius 2 is 2.28 bits per heavy atom. The van der Waals surface area contributed by atoms with Crippen molar-refractivity contribution in [2.75, 3.05) is 11.9 Å². The first-order valence-corrected chi connectivity index (χ1v) is 6.34. The predicted molar refractivity (Wildman–Crippen MR) is 69.6 cm³/mol. The molecule has 2 atom stereocenters. The molecule has 0 aromatic heterocycles. The molecule has 0 saturated heterocycles. The van der Waals surface area contributed by atoms with Gasteiger partial charge in [0, 0.05) is 0 Å². The first kappa shape index (κ1) is 12.9. The molecule has 0 fully saturated rings. The van der Waals surface area contributed by atoms with Crippen LogP contribution >= 0.6 is 0 Å². The van der Waals surface area contributed by atoms with E-state index in [1.165, 1.54) is 0 Å². The van der Waals surface area contributed by atoms with Crippen LogP contribution in [-0.2, 0) is 4.79 Å². The van der Waals surface area contributed by atoms with Crippen LogP contribution in [0.3, 0.4) is 0 Å². The number of hydrogen-bond donors (Lipinski definition) is 2. The van der Waals surface area contributed by atoms with Gasteiger partial charge in [0.2, 0.25) is 0 Å². The second-order valence-electron chi connectivity index (χ2n) is 4.86. The molecule has 4 nitrogen and oxygen atoms in total. The number of ether oxygens (including phenoxy) is 1. The summed E-state index contributed by atoms with van der Waals surface area (Å²) in [5, 5.41) is 12.9. The smallest absolute Gasteiger partial charge is 0.262 e. The number of amides is 1. The number of benzene rings is 1. The zero-order valence-corrected chi connectivity index (χ0v) is 10.8. The summed E-state index contributed by atoms with van der Waals surface area (Å²) in [6.07, 6.45) is 1.27. The Balaban J connectivity index is 2.15. The SMILES string of the molecule is CCC(C)CC(O)c1ccc2c(c1)NC(=O)CO2. The molecule has 1 aliphatic rings. The minimum absolute atomic E-state index is 0.0573. The lowest BCUT2D eigenvalue weighted by Crippen LogP contribution is -2.25. The minimum Gasteiger partial charge on any atom is -0.482 e. The number of aliphatic hydroxyl groups is 1. The summed E-state index contributed by atoms with van der Waals surface area (Å²) in [5.41, 5.74) is 1.46. The summed E-state index contributed by atoms with van der Waals surface area (Å²) in [6, 6.07) is 5.44. The zero-order valence-electron chi connectivity index (χ0n) is 10.8. The molecular weight excluding hydrogens is 230 g/mol. The van der Waals surface area contributed by atoms with E-state index in [2.05, 4.69) is 19.2 Å². The van der Waals surface area contributed by atoms with Gasteiger partial charge in [-0.1, -0.05) is 26.3 Å². The van der Waals surface area contributed by atoms with Crippen LogP contribution in [-0.4, -0.2) is 17.6 Å². The molecule has 1 aromatic carbocycles. The molecule has 0 saturated carbocycles. The maximum atomic E-state index is 11.2. The van der Waals surface area contributed by atoms with Crippen molar-refractivity contribution in [1.82, 2.24) is 0 Å². The lowest BCUT2D eigenvalue weighted by molar-refractivity contribution is -0.118. The molecule has 0 aliphatic carbocycles. The Morgan fingerprint density at radius 1 is 1.50 bits per heavy atom.